The lowest BCUT2D eigenvalue weighted by atomic mass is 10.1. The van der Waals surface area contributed by atoms with Crippen LogP contribution in [0.1, 0.15) is 15.7 Å². The highest BCUT2D eigenvalue weighted by molar-refractivity contribution is 8.10. The van der Waals surface area contributed by atoms with Crippen LogP contribution in [0.25, 0.3) is 0 Å². The third-order valence-corrected chi connectivity index (χ3v) is 4.94. The molecule has 0 amide bonds. The van der Waals surface area contributed by atoms with Crippen LogP contribution in [-0.2, 0) is 15.9 Å². The predicted molar refractivity (Wildman–Crippen MR) is 52.0 cm³/mol. The van der Waals surface area contributed by atoms with Crippen LogP contribution >= 0.6 is 11.8 Å². The van der Waals surface area contributed by atoms with Gasteiger partial charge in [0, 0.05) is 5.75 Å². The van der Waals surface area contributed by atoms with Crippen molar-refractivity contribution < 1.29 is 13.0 Å². The molecule has 1 aromatic carbocycles. The average molecular weight is 216 g/mol. The number of fused-ring (bicyclic) bond motifs is 1. The highest BCUT2D eigenvalue weighted by atomic mass is 32.3. The monoisotopic (exact) mass is 216 g/mol. The molecule has 1 aromatic rings. The maximum atomic E-state index is 10.9. The largest absolute Gasteiger partial charge is 0.284 e. The molecule has 1 atom stereocenters. The summed E-state index contributed by atoms with van der Waals surface area (Å²) in [5.41, 5.74) is 1.71. The third kappa shape index (κ3) is 1.59. The smallest absolute Gasteiger partial charge is 0.281 e. The van der Waals surface area contributed by atoms with E-state index in [0.717, 1.165) is 11.1 Å². The molecule has 0 saturated carbocycles. The van der Waals surface area contributed by atoms with Gasteiger partial charge < -0.3 is 0 Å². The molecule has 13 heavy (non-hydrogen) atoms. The molecule has 1 unspecified atom stereocenters. The van der Waals surface area contributed by atoms with Crippen molar-refractivity contribution in [2.45, 2.75) is 10.3 Å². The predicted octanol–water partition coefficient (Wildman–Crippen LogP) is 1.82. The molecule has 1 heterocycles. The normalized spacial score (nSPS) is 21.5. The van der Waals surface area contributed by atoms with Crippen LogP contribution < -0.4 is 0 Å². The molecule has 2 rings (SSSR count). The second kappa shape index (κ2) is 3.01. The van der Waals surface area contributed by atoms with E-state index in [4.69, 9.17) is 4.55 Å². The van der Waals surface area contributed by atoms with Gasteiger partial charge >= 0.3 is 0 Å². The molecule has 0 aliphatic carbocycles. The van der Waals surface area contributed by atoms with Crippen LogP contribution in [-0.4, -0.2) is 13.0 Å². The molecule has 1 aliphatic heterocycles. The molecule has 3 nitrogen and oxygen atoms in total. The fourth-order valence-corrected chi connectivity index (χ4v) is 3.84. The zero-order valence-corrected chi connectivity index (χ0v) is 8.31. The Labute approximate surface area is 80.9 Å². The van der Waals surface area contributed by atoms with Crippen LogP contribution in [0.15, 0.2) is 24.3 Å². The third-order valence-electron chi connectivity index (χ3n) is 1.97. The Morgan fingerprint density at radius 2 is 2.08 bits per heavy atom. The zero-order valence-electron chi connectivity index (χ0n) is 6.67. The molecule has 0 saturated heterocycles. The van der Waals surface area contributed by atoms with Crippen molar-refractivity contribution in [3.8, 4) is 0 Å². The lowest BCUT2D eigenvalue weighted by Gasteiger charge is -2.05. The van der Waals surface area contributed by atoms with Crippen molar-refractivity contribution in [3.05, 3.63) is 35.4 Å². The first-order valence-electron chi connectivity index (χ1n) is 3.75. The van der Waals surface area contributed by atoms with Gasteiger partial charge in [-0.3, -0.25) is 4.55 Å². The highest BCUT2D eigenvalue weighted by Crippen LogP contribution is 2.44. The van der Waals surface area contributed by atoms with E-state index in [9.17, 15) is 8.42 Å². The van der Waals surface area contributed by atoms with Crippen LogP contribution in [0.3, 0.4) is 0 Å². The van der Waals surface area contributed by atoms with Crippen LogP contribution in [0.2, 0.25) is 0 Å². The van der Waals surface area contributed by atoms with Gasteiger partial charge in [-0.2, -0.15) is 8.42 Å². The molecule has 0 spiro atoms. The lowest BCUT2D eigenvalue weighted by molar-refractivity contribution is 0.481. The van der Waals surface area contributed by atoms with Crippen molar-refractivity contribution in [1.82, 2.24) is 0 Å². The van der Waals surface area contributed by atoms with Gasteiger partial charge in [0.25, 0.3) is 10.1 Å². The van der Waals surface area contributed by atoms with E-state index in [0.29, 0.717) is 5.75 Å². The minimum atomic E-state index is -3.95. The lowest BCUT2D eigenvalue weighted by Crippen LogP contribution is -2.05. The van der Waals surface area contributed by atoms with Gasteiger partial charge in [-0.05, 0) is 11.1 Å². The summed E-state index contributed by atoms with van der Waals surface area (Å²) >= 11 is 1.24. The number of rotatable bonds is 1. The average Bonchev–Trinajstić information content (AvgIpc) is 2.45. The summed E-state index contributed by atoms with van der Waals surface area (Å²) in [4.78, 5) is 0. The summed E-state index contributed by atoms with van der Waals surface area (Å²) in [7, 11) is -3.95. The molecule has 1 N–H and O–H groups in total. The van der Waals surface area contributed by atoms with Gasteiger partial charge in [-0.25, -0.2) is 0 Å². The minimum Gasteiger partial charge on any atom is -0.284 e. The first-order valence-corrected chi connectivity index (χ1v) is 6.30. The number of hydrogen-bond donors (Lipinski definition) is 1. The van der Waals surface area contributed by atoms with E-state index >= 15 is 0 Å². The van der Waals surface area contributed by atoms with Gasteiger partial charge in [0.1, 0.15) is 0 Å². The Bertz CT molecular complexity index is 425. The van der Waals surface area contributed by atoms with Gasteiger partial charge in [0.05, 0.1) is 0 Å². The van der Waals surface area contributed by atoms with Crippen molar-refractivity contribution in [3.63, 3.8) is 0 Å². The maximum Gasteiger partial charge on any atom is 0.281 e. The van der Waals surface area contributed by atoms with Crippen LogP contribution in [0, 0.1) is 0 Å². The minimum absolute atomic E-state index is 0.653. The highest BCUT2D eigenvalue weighted by Gasteiger charge is 2.32. The Morgan fingerprint density at radius 1 is 1.38 bits per heavy atom. The summed E-state index contributed by atoms with van der Waals surface area (Å²) in [5, 5.41) is 0. The number of hydrogen-bond acceptors (Lipinski definition) is 3. The molecule has 0 fully saturated rings. The van der Waals surface area contributed by atoms with E-state index in [2.05, 4.69) is 0 Å². The van der Waals surface area contributed by atoms with Crippen molar-refractivity contribution in [2.75, 3.05) is 0 Å². The SMILES string of the molecule is O=S(=O)(O)C1SCc2ccccc21. The fourth-order valence-electron chi connectivity index (χ4n) is 1.40. The molecule has 0 bridgehead atoms. The zero-order chi connectivity index (χ0) is 9.47. The van der Waals surface area contributed by atoms with Crippen molar-refractivity contribution in [2.24, 2.45) is 0 Å². The quantitative estimate of drug-likeness (QED) is 0.727. The standard InChI is InChI=1S/C8H8O3S2/c9-13(10,11)8-7-4-2-1-3-6(7)5-12-8/h1-4,8H,5H2,(H,9,10,11). The first-order chi connectivity index (χ1) is 6.09. The molecule has 1 aliphatic rings. The molecule has 0 aromatic heterocycles. The summed E-state index contributed by atoms with van der Waals surface area (Å²) in [6.45, 7) is 0. The number of thioether (sulfide) groups is 1. The topological polar surface area (TPSA) is 54.4 Å². The molecular weight excluding hydrogens is 208 g/mol. The van der Waals surface area contributed by atoms with Crippen LogP contribution in [0.5, 0.6) is 0 Å². The summed E-state index contributed by atoms with van der Waals surface area (Å²) in [5.74, 6) is 0.653. The fraction of sp³-hybridized carbons (Fsp3) is 0.250. The van der Waals surface area contributed by atoms with E-state index in [1.54, 1.807) is 12.1 Å². The van der Waals surface area contributed by atoms with Crippen LogP contribution in [0.4, 0.5) is 0 Å². The van der Waals surface area contributed by atoms with E-state index in [1.165, 1.54) is 11.8 Å². The molecule has 5 heteroatoms. The Morgan fingerprint density at radius 3 is 2.77 bits per heavy atom. The second-order valence-corrected chi connectivity index (χ2v) is 5.75. The second-order valence-electron chi connectivity index (χ2n) is 2.86. The van der Waals surface area contributed by atoms with E-state index in [-0.39, 0.29) is 0 Å². The van der Waals surface area contributed by atoms with Crippen molar-refractivity contribution in [1.29, 1.82) is 0 Å². The first kappa shape index (κ1) is 9.05. The molecular formula is C8H8O3S2. The van der Waals surface area contributed by atoms with E-state index < -0.39 is 14.7 Å². The number of benzene rings is 1. The van der Waals surface area contributed by atoms with Gasteiger partial charge in [-0.1, -0.05) is 24.3 Å². The molecule has 70 valence electrons. The van der Waals surface area contributed by atoms with Gasteiger partial charge in [0.2, 0.25) is 0 Å². The Hall–Kier alpha value is -0.520. The van der Waals surface area contributed by atoms with Crippen molar-refractivity contribution >= 4 is 21.9 Å². The summed E-state index contributed by atoms with van der Waals surface area (Å²) in [6, 6.07) is 7.27. The van der Waals surface area contributed by atoms with E-state index in [1.807, 2.05) is 12.1 Å². The Kier molecular flexibility index (Phi) is 2.09. The maximum absolute atomic E-state index is 10.9. The summed E-state index contributed by atoms with van der Waals surface area (Å²) in [6.07, 6.45) is 0. The van der Waals surface area contributed by atoms with Gasteiger partial charge in [0.15, 0.2) is 4.58 Å². The van der Waals surface area contributed by atoms with Gasteiger partial charge in [-0.15, -0.1) is 11.8 Å². The Balaban J connectivity index is 2.51. The molecule has 0 radical (unpaired) electrons. The summed E-state index contributed by atoms with van der Waals surface area (Å²) < 4.78 is 30.0.